The van der Waals surface area contributed by atoms with Gasteiger partial charge in [-0.2, -0.15) is 4.31 Å². The summed E-state index contributed by atoms with van der Waals surface area (Å²) in [6.45, 7) is 2.94. The van der Waals surface area contributed by atoms with E-state index in [-0.39, 0.29) is 16.3 Å². The number of benzene rings is 2. The highest BCUT2D eigenvalue weighted by Gasteiger charge is 2.30. The van der Waals surface area contributed by atoms with Crippen molar-refractivity contribution in [1.29, 1.82) is 0 Å². The molecule has 1 heterocycles. The van der Waals surface area contributed by atoms with Gasteiger partial charge in [-0.05, 0) is 37.1 Å². The third-order valence-corrected chi connectivity index (χ3v) is 6.99. The molecule has 1 aliphatic rings. The molecule has 8 nitrogen and oxygen atoms in total. The number of nitro benzene ring substituents is 1. The van der Waals surface area contributed by atoms with Crippen LogP contribution in [0.3, 0.4) is 0 Å². The first kappa shape index (κ1) is 21.2. The van der Waals surface area contributed by atoms with Gasteiger partial charge in [0.2, 0.25) is 10.0 Å². The second kappa shape index (κ2) is 9.34. The van der Waals surface area contributed by atoms with Crippen molar-refractivity contribution in [3.05, 3.63) is 64.2 Å². The molecule has 0 atom stereocenters. The SMILES string of the molecule is COc1ccc(S(=O)(=O)N2CCN(CCCc3ccccc3)CC2)cc1[N+](=O)[O-]. The molecular weight excluding hydrogens is 394 g/mol. The molecule has 29 heavy (non-hydrogen) atoms. The first-order valence-electron chi connectivity index (χ1n) is 9.50. The summed E-state index contributed by atoms with van der Waals surface area (Å²) in [6, 6.07) is 14.0. The molecule has 0 amide bonds. The van der Waals surface area contributed by atoms with Crippen molar-refractivity contribution in [3.63, 3.8) is 0 Å². The van der Waals surface area contributed by atoms with Crippen molar-refractivity contribution in [2.75, 3.05) is 39.8 Å². The number of piperazine rings is 1. The van der Waals surface area contributed by atoms with Crippen molar-refractivity contribution in [1.82, 2.24) is 9.21 Å². The van der Waals surface area contributed by atoms with Gasteiger partial charge in [0.1, 0.15) is 0 Å². The summed E-state index contributed by atoms with van der Waals surface area (Å²) in [6.07, 6.45) is 2.01. The molecule has 156 valence electrons. The number of rotatable bonds is 8. The lowest BCUT2D eigenvalue weighted by Gasteiger charge is -2.34. The quantitative estimate of drug-likeness (QED) is 0.482. The molecule has 0 N–H and O–H groups in total. The molecule has 9 heteroatoms. The van der Waals surface area contributed by atoms with Crippen LogP contribution in [0.1, 0.15) is 12.0 Å². The minimum Gasteiger partial charge on any atom is -0.490 e. The van der Waals surface area contributed by atoms with Crippen molar-refractivity contribution in [2.24, 2.45) is 0 Å². The third-order valence-electron chi connectivity index (χ3n) is 5.10. The van der Waals surface area contributed by atoms with Gasteiger partial charge in [0.15, 0.2) is 5.75 Å². The Kier molecular flexibility index (Phi) is 6.83. The standard InChI is InChI=1S/C20H25N3O5S/c1-28-20-10-9-18(16-19(20)23(24)25)29(26,27)22-14-12-21(13-15-22)11-5-8-17-6-3-2-4-7-17/h2-4,6-7,9-10,16H,5,8,11-15H2,1H3. The van der Waals surface area contributed by atoms with Crippen LogP contribution in [-0.2, 0) is 16.4 Å². The summed E-state index contributed by atoms with van der Waals surface area (Å²) in [7, 11) is -2.47. The highest BCUT2D eigenvalue weighted by molar-refractivity contribution is 7.89. The highest BCUT2D eigenvalue weighted by atomic mass is 32.2. The van der Waals surface area contributed by atoms with E-state index in [1.807, 2.05) is 18.2 Å². The number of aryl methyl sites for hydroxylation is 1. The molecule has 0 radical (unpaired) electrons. The first-order valence-corrected chi connectivity index (χ1v) is 10.9. The van der Waals surface area contributed by atoms with Crippen molar-refractivity contribution >= 4 is 15.7 Å². The average molecular weight is 420 g/mol. The molecule has 0 unspecified atom stereocenters. The Bertz CT molecular complexity index is 942. The maximum Gasteiger partial charge on any atom is 0.312 e. The monoisotopic (exact) mass is 419 g/mol. The van der Waals surface area contributed by atoms with Crippen molar-refractivity contribution in [3.8, 4) is 5.75 Å². The van der Waals surface area contributed by atoms with Gasteiger partial charge in [-0.25, -0.2) is 8.42 Å². The second-order valence-electron chi connectivity index (χ2n) is 6.93. The van der Waals surface area contributed by atoms with E-state index in [1.54, 1.807) is 0 Å². The molecule has 0 bridgehead atoms. The van der Waals surface area contributed by atoms with Crippen LogP contribution in [0.5, 0.6) is 5.75 Å². The lowest BCUT2D eigenvalue weighted by Crippen LogP contribution is -2.48. The smallest absolute Gasteiger partial charge is 0.312 e. The Morgan fingerprint density at radius 3 is 2.38 bits per heavy atom. The zero-order valence-corrected chi connectivity index (χ0v) is 17.2. The summed E-state index contributed by atoms with van der Waals surface area (Å²) in [5.74, 6) is 0.0391. The van der Waals surface area contributed by atoms with Crippen LogP contribution < -0.4 is 4.74 Å². The minimum atomic E-state index is -3.78. The predicted octanol–water partition coefficient (Wildman–Crippen LogP) is 2.54. The molecular formula is C20H25N3O5S. The number of nitrogens with zero attached hydrogens (tertiary/aromatic N) is 3. The fourth-order valence-corrected chi connectivity index (χ4v) is 4.91. The predicted molar refractivity (Wildman–Crippen MR) is 110 cm³/mol. The van der Waals surface area contributed by atoms with Crippen LogP contribution in [0.25, 0.3) is 0 Å². The highest BCUT2D eigenvalue weighted by Crippen LogP contribution is 2.30. The van der Waals surface area contributed by atoms with Gasteiger partial charge in [0.05, 0.1) is 16.9 Å². The fraction of sp³-hybridized carbons (Fsp3) is 0.400. The van der Waals surface area contributed by atoms with Crippen molar-refractivity contribution < 1.29 is 18.1 Å². The zero-order chi connectivity index (χ0) is 20.9. The minimum absolute atomic E-state index is 0.0391. The Hall–Kier alpha value is -2.49. The molecule has 1 saturated heterocycles. The molecule has 0 saturated carbocycles. The maximum atomic E-state index is 12.9. The van der Waals surface area contributed by atoms with Crippen LogP contribution in [0.15, 0.2) is 53.4 Å². The van der Waals surface area contributed by atoms with Gasteiger partial charge in [-0.1, -0.05) is 30.3 Å². The van der Waals surface area contributed by atoms with E-state index < -0.39 is 14.9 Å². The second-order valence-corrected chi connectivity index (χ2v) is 8.86. The maximum absolute atomic E-state index is 12.9. The normalized spacial score (nSPS) is 15.9. The number of hydrogen-bond donors (Lipinski definition) is 0. The van der Waals surface area contributed by atoms with Gasteiger partial charge in [0.25, 0.3) is 0 Å². The lowest BCUT2D eigenvalue weighted by molar-refractivity contribution is -0.386. The van der Waals surface area contributed by atoms with Gasteiger partial charge < -0.3 is 9.64 Å². The molecule has 0 aliphatic carbocycles. The molecule has 1 aliphatic heterocycles. The summed E-state index contributed by atoms with van der Waals surface area (Å²) in [5, 5.41) is 11.2. The summed E-state index contributed by atoms with van der Waals surface area (Å²) in [5.41, 5.74) is 0.947. The van der Waals surface area contributed by atoms with E-state index in [1.165, 1.54) is 29.1 Å². The van der Waals surface area contributed by atoms with E-state index in [9.17, 15) is 18.5 Å². The van der Waals surface area contributed by atoms with Crippen LogP contribution in [0.2, 0.25) is 0 Å². The van der Waals surface area contributed by atoms with E-state index in [0.29, 0.717) is 26.2 Å². The Morgan fingerprint density at radius 2 is 1.76 bits per heavy atom. The first-order chi connectivity index (χ1) is 13.9. The number of sulfonamides is 1. The van der Waals surface area contributed by atoms with E-state index in [4.69, 9.17) is 4.74 Å². The van der Waals surface area contributed by atoms with E-state index >= 15 is 0 Å². The van der Waals surface area contributed by atoms with E-state index in [0.717, 1.165) is 25.5 Å². The molecule has 0 aromatic heterocycles. The molecule has 2 aromatic carbocycles. The van der Waals surface area contributed by atoms with Gasteiger partial charge in [0, 0.05) is 32.2 Å². The molecule has 0 spiro atoms. The topological polar surface area (TPSA) is 93.0 Å². The molecule has 1 fully saturated rings. The number of hydrogen-bond acceptors (Lipinski definition) is 6. The van der Waals surface area contributed by atoms with Gasteiger partial charge in [-0.3, -0.25) is 10.1 Å². The Balaban J connectivity index is 1.58. The van der Waals surface area contributed by atoms with E-state index in [2.05, 4.69) is 17.0 Å². The summed E-state index contributed by atoms with van der Waals surface area (Å²) >= 11 is 0. The lowest BCUT2D eigenvalue weighted by atomic mass is 10.1. The third kappa shape index (κ3) is 5.11. The fourth-order valence-electron chi connectivity index (χ4n) is 3.47. The van der Waals surface area contributed by atoms with Crippen LogP contribution in [0, 0.1) is 10.1 Å². The number of ether oxygens (including phenoxy) is 1. The summed E-state index contributed by atoms with van der Waals surface area (Å²) < 4.78 is 32.2. The van der Waals surface area contributed by atoms with Crippen LogP contribution in [-0.4, -0.2) is 62.4 Å². The number of nitro groups is 1. The summed E-state index contributed by atoms with van der Waals surface area (Å²) in [4.78, 5) is 12.7. The molecule has 2 aromatic rings. The van der Waals surface area contributed by atoms with Gasteiger partial charge in [-0.15, -0.1) is 0 Å². The Morgan fingerprint density at radius 1 is 1.07 bits per heavy atom. The largest absolute Gasteiger partial charge is 0.490 e. The van der Waals surface area contributed by atoms with Crippen molar-refractivity contribution in [2.45, 2.75) is 17.7 Å². The van der Waals surface area contributed by atoms with Crippen LogP contribution >= 0.6 is 0 Å². The molecule has 3 rings (SSSR count). The average Bonchev–Trinajstić information content (AvgIpc) is 2.74. The Labute approximate surface area is 170 Å². The number of methoxy groups -OCH3 is 1. The zero-order valence-electron chi connectivity index (χ0n) is 16.4. The van der Waals surface area contributed by atoms with Gasteiger partial charge >= 0.3 is 5.69 Å². The van der Waals surface area contributed by atoms with Crippen LogP contribution in [0.4, 0.5) is 5.69 Å².